The molecule has 0 aliphatic rings. The molecule has 0 aliphatic carbocycles. The van der Waals surface area contributed by atoms with Crippen LogP contribution in [0, 0.1) is 18.2 Å². The van der Waals surface area contributed by atoms with Gasteiger partial charge in [-0.15, -0.1) is 12.3 Å². The summed E-state index contributed by atoms with van der Waals surface area (Å²) in [6.07, 6.45) is 5.81. The number of sulfonamides is 1. The fourth-order valence-electron chi connectivity index (χ4n) is 1.33. The van der Waals surface area contributed by atoms with E-state index in [1.807, 2.05) is 0 Å². The van der Waals surface area contributed by atoms with Crippen LogP contribution in [0.15, 0.2) is 28.0 Å². The Bertz CT molecular complexity index is 738. The zero-order valence-electron chi connectivity index (χ0n) is 10.1. The Morgan fingerprint density at radius 2 is 1.95 bits per heavy atom. The molecule has 0 fully saturated rings. The van der Waals surface area contributed by atoms with E-state index in [-0.39, 0.29) is 6.54 Å². The van der Waals surface area contributed by atoms with Crippen molar-refractivity contribution in [3.8, 4) is 12.3 Å². The average molecular weight is 340 g/mol. The highest BCUT2D eigenvalue weighted by molar-refractivity contribution is 8.13. The molecule has 110 valence electrons. The molecular weight excluding hydrogens is 329 g/mol. The predicted molar refractivity (Wildman–Crippen MR) is 72.7 cm³/mol. The molecule has 9 heteroatoms. The van der Waals surface area contributed by atoms with Crippen LogP contribution in [0.4, 0.5) is 4.39 Å². The SMILES string of the molecule is C#CCCCNS(=O)(=O)c1ccc(S(=O)(=O)Cl)cc1F. The predicted octanol–water partition coefficient (Wildman–Crippen LogP) is 1.44. The highest BCUT2D eigenvalue weighted by Crippen LogP contribution is 2.21. The Morgan fingerprint density at radius 1 is 1.30 bits per heavy atom. The van der Waals surface area contributed by atoms with Crippen LogP contribution in [0.2, 0.25) is 0 Å². The van der Waals surface area contributed by atoms with Gasteiger partial charge in [-0.1, -0.05) is 0 Å². The van der Waals surface area contributed by atoms with E-state index < -0.39 is 34.7 Å². The number of hydrogen-bond donors (Lipinski definition) is 1. The van der Waals surface area contributed by atoms with Crippen LogP contribution in [-0.2, 0) is 19.1 Å². The maximum Gasteiger partial charge on any atom is 0.261 e. The van der Waals surface area contributed by atoms with Gasteiger partial charge >= 0.3 is 0 Å². The van der Waals surface area contributed by atoms with Gasteiger partial charge in [-0.3, -0.25) is 0 Å². The lowest BCUT2D eigenvalue weighted by atomic mass is 10.3. The summed E-state index contributed by atoms with van der Waals surface area (Å²) in [5.74, 6) is 1.14. The normalized spacial score (nSPS) is 12.1. The monoisotopic (exact) mass is 339 g/mol. The van der Waals surface area contributed by atoms with Gasteiger partial charge < -0.3 is 0 Å². The first-order valence-corrected chi connectivity index (χ1v) is 9.15. The second kappa shape index (κ2) is 6.54. The molecule has 0 saturated carbocycles. The van der Waals surface area contributed by atoms with Gasteiger partial charge in [-0.2, -0.15) is 0 Å². The molecule has 0 aliphatic heterocycles. The summed E-state index contributed by atoms with van der Waals surface area (Å²) in [6.45, 7) is 0.0571. The Labute approximate surface area is 121 Å². The van der Waals surface area contributed by atoms with Crippen molar-refractivity contribution in [3.05, 3.63) is 24.0 Å². The van der Waals surface area contributed by atoms with Crippen LogP contribution in [0.1, 0.15) is 12.8 Å². The van der Waals surface area contributed by atoms with E-state index in [1.54, 1.807) is 0 Å². The first-order chi connectivity index (χ1) is 9.18. The molecule has 0 atom stereocenters. The van der Waals surface area contributed by atoms with Crippen molar-refractivity contribution < 1.29 is 21.2 Å². The molecule has 0 spiro atoms. The first-order valence-electron chi connectivity index (χ1n) is 5.36. The molecular formula is C11H11ClFNO4S2. The second-order valence-electron chi connectivity index (χ2n) is 3.74. The minimum absolute atomic E-state index is 0.0571. The van der Waals surface area contributed by atoms with Crippen LogP contribution in [0.25, 0.3) is 0 Å². The quantitative estimate of drug-likeness (QED) is 0.483. The van der Waals surface area contributed by atoms with E-state index in [1.165, 1.54) is 0 Å². The minimum atomic E-state index is -4.12. The van der Waals surface area contributed by atoms with Gasteiger partial charge in [-0.05, 0) is 24.6 Å². The maximum atomic E-state index is 13.7. The summed E-state index contributed by atoms with van der Waals surface area (Å²) in [4.78, 5) is -1.16. The molecule has 5 nitrogen and oxygen atoms in total. The van der Waals surface area contributed by atoms with Gasteiger partial charge in [0, 0.05) is 23.6 Å². The summed E-state index contributed by atoms with van der Waals surface area (Å²) >= 11 is 0. The molecule has 0 saturated heterocycles. The van der Waals surface area contributed by atoms with E-state index in [4.69, 9.17) is 17.1 Å². The van der Waals surface area contributed by atoms with Crippen molar-refractivity contribution in [2.24, 2.45) is 0 Å². The van der Waals surface area contributed by atoms with Crippen LogP contribution in [0.5, 0.6) is 0 Å². The van der Waals surface area contributed by atoms with E-state index >= 15 is 0 Å². The van der Waals surface area contributed by atoms with Crippen molar-refractivity contribution in [2.75, 3.05) is 6.54 Å². The Hall–Kier alpha value is -1.14. The van der Waals surface area contributed by atoms with E-state index in [9.17, 15) is 21.2 Å². The van der Waals surface area contributed by atoms with Gasteiger partial charge in [0.1, 0.15) is 10.7 Å². The lowest BCUT2D eigenvalue weighted by Crippen LogP contribution is -2.25. The molecule has 1 N–H and O–H groups in total. The second-order valence-corrected chi connectivity index (χ2v) is 8.04. The van der Waals surface area contributed by atoms with Crippen molar-refractivity contribution in [3.63, 3.8) is 0 Å². The third-order valence-corrected chi connectivity index (χ3v) is 5.11. The summed E-state index contributed by atoms with van der Waals surface area (Å²) < 4.78 is 61.4. The summed E-state index contributed by atoms with van der Waals surface area (Å²) in [5.41, 5.74) is 0. The summed E-state index contributed by atoms with van der Waals surface area (Å²) in [5, 5.41) is 0. The number of unbranched alkanes of at least 4 members (excludes halogenated alkanes) is 1. The summed E-state index contributed by atoms with van der Waals surface area (Å²) in [7, 11) is -3.14. The third kappa shape index (κ3) is 4.45. The third-order valence-electron chi connectivity index (χ3n) is 2.26. The molecule has 0 amide bonds. The van der Waals surface area contributed by atoms with Crippen molar-refractivity contribution in [1.82, 2.24) is 4.72 Å². The highest BCUT2D eigenvalue weighted by atomic mass is 35.7. The zero-order valence-corrected chi connectivity index (χ0v) is 12.5. The topological polar surface area (TPSA) is 80.3 Å². The lowest BCUT2D eigenvalue weighted by Gasteiger charge is -2.07. The number of benzene rings is 1. The fourth-order valence-corrected chi connectivity index (χ4v) is 3.22. The molecule has 0 bridgehead atoms. The molecule has 0 radical (unpaired) electrons. The minimum Gasteiger partial charge on any atom is -0.211 e. The molecule has 0 aromatic heterocycles. The summed E-state index contributed by atoms with van der Waals surface area (Å²) in [6, 6.07) is 2.31. The Kier molecular flexibility index (Phi) is 5.53. The van der Waals surface area contributed by atoms with Crippen LogP contribution >= 0.6 is 10.7 Å². The van der Waals surface area contributed by atoms with Crippen LogP contribution in [-0.4, -0.2) is 23.4 Å². The Balaban J connectivity index is 3.00. The van der Waals surface area contributed by atoms with Crippen molar-refractivity contribution in [1.29, 1.82) is 0 Å². The molecule has 0 unspecified atom stereocenters. The smallest absolute Gasteiger partial charge is 0.211 e. The molecule has 1 rings (SSSR count). The van der Waals surface area contributed by atoms with Crippen molar-refractivity contribution >= 4 is 29.8 Å². The van der Waals surface area contributed by atoms with E-state index in [0.29, 0.717) is 18.9 Å². The van der Waals surface area contributed by atoms with E-state index in [0.717, 1.165) is 12.1 Å². The zero-order chi connectivity index (χ0) is 15.4. The molecule has 20 heavy (non-hydrogen) atoms. The standard InChI is InChI=1S/C11H11ClFNO4S2/c1-2-3-4-7-14-20(17,18)11-6-5-9(8-10(11)13)19(12,15)16/h1,5-6,8,14H,3-4,7H2. The highest BCUT2D eigenvalue weighted by Gasteiger charge is 2.21. The van der Waals surface area contributed by atoms with Crippen LogP contribution < -0.4 is 4.72 Å². The number of rotatable bonds is 6. The Morgan fingerprint density at radius 3 is 2.45 bits per heavy atom. The van der Waals surface area contributed by atoms with Gasteiger partial charge in [0.25, 0.3) is 9.05 Å². The molecule has 0 heterocycles. The number of halogens is 2. The maximum absolute atomic E-state index is 13.7. The average Bonchev–Trinajstić information content (AvgIpc) is 2.33. The molecule has 1 aromatic rings. The number of terminal acetylenes is 1. The number of nitrogens with one attached hydrogen (secondary N) is 1. The van der Waals surface area contributed by atoms with Crippen molar-refractivity contribution in [2.45, 2.75) is 22.6 Å². The van der Waals surface area contributed by atoms with Gasteiger partial charge in [0.15, 0.2) is 0 Å². The molecule has 1 aromatic carbocycles. The van der Waals surface area contributed by atoms with Gasteiger partial charge in [0.05, 0.1) is 4.90 Å². The van der Waals surface area contributed by atoms with Crippen LogP contribution in [0.3, 0.4) is 0 Å². The fraction of sp³-hybridized carbons (Fsp3) is 0.273. The lowest BCUT2D eigenvalue weighted by molar-refractivity contribution is 0.552. The van der Waals surface area contributed by atoms with Gasteiger partial charge in [0.2, 0.25) is 10.0 Å². The number of hydrogen-bond acceptors (Lipinski definition) is 4. The van der Waals surface area contributed by atoms with Gasteiger partial charge in [-0.25, -0.2) is 25.9 Å². The largest absolute Gasteiger partial charge is 0.261 e. The first kappa shape index (κ1) is 16.9. The van der Waals surface area contributed by atoms with E-state index in [2.05, 4.69) is 10.6 Å².